The molecule has 1 N–H and O–H groups in total. The van der Waals surface area contributed by atoms with E-state index in [1.807, 2.05) is 73.1 Å². The molecule has 0 aliphatic carbocycles. The van der Waals surface area contributed by atoms with Gasteiger partial charge in [-0.05, 0) is 55.7 Å². The average molecular weight is 510 g/mol. The number of aliphatic hydroxyl groups is 1. The highest BCUT2D eigenvalue weighted by Crippen LogP contribution is 2.32. The van der Waals surface area contributed by atoms with Crippen molar-refractivity contribution in [1.29, 1.82) is 0 Å². The van der Waals surface area contributed by atoms with Gasteiger partial charge in [-0.2, -0.15) is 5.10 Å². The van der Waals surface area contributed by atoms with Crippen molar-refractivity contribution in [3.05, 3.63) is 65.9 Å². The molecule has 0 bridgehead atoms. The van der Waals surface area contributed by atoms with Gasteiger partial charge in [0.2, 0.25) is 5.88 Å². The van der Waals surface area contributed by atoms with Crippen LogP contribution in [0.15, 0.2) is 54.6 Å². The number of carbonyl (C=O) groups is 1. The van der Waals surface area contributed by atoms with Crippen molar-refractivity contribution >= 4 is 5.97 Å². The summed E-state index contributed by atoms with van der Waals surface area (Å²) < 4.78 is 18.8. The number of rotatable bonds is 14. The predicted octanol–water partition coefficient (Wildman–Crippen LogP) is 5.14. The van der Waals surface area contributed by atoms with Crippen LogP contribution in [0.2, 0.25) is 0 Å². The number of aryl methyl sites for hydroxylation is 1. The molecule has 8 nitrogen and oxygen atoms in total. The molecule has 0 fully saturated rings. The molecule has 0 aliphatic heterocycles. The van der Waals surface area contributed by atoms with Crippen molar-refractivity contribution in [1.82, 2.24) is 14.7 Å². The third kappa shape index (κ3) is 8.33. The third-order valence-corrected chi connectivity index (χ3v) is 5.78. The summed E-state index contributed by atoms with van der Waals surface area (Å²) in [5, 5.41) is 15.5. The van der Waals surface area contributed by atoms with Crippen LogP contribution >= 0.6 is 0 Å². The predicted molar refractivity (Wildman–Crippen MR) is 143 cm³/mol. The summed E-state index contributed by atoms with van der Waals surface area (Å²) in [7, 11) is 1.63. The maximum absolute atomic E-state index is 11.8. The quantitative estimate of drug-likeness (QED) is 0.301. The van der Waals surface area contributed by atoms with Gasteiger partial charge in [-0.1, -0.05) is 39.0 Å². The lowest BCUT2D eigenvalue weighted by atomic mass is 10.1. The molecular formula is C29H39N3O5. The van der Waals surface area contributed by atoms with Crippen molar-refractivity contribution in [2.24, 2.45) is 5.92 Å². The molecule has 0 unspecified atom stereocenters. The minimum atomic E-state index is -0.796. The minimum absolute atomic E-state index is 0.0229. The van der Waals surface area contributed by atoms with Crippen LogP contribution in [0.4, 0.5) is 0 Å². The van der Waals surface area contributed by atoms with Crippen LogP contribution in [0.5, 0.6) is 17.4 Å². The molecule has 8 heteroatoms. The van der Waals surface area contributed by atoms with E-state index in [0.29, 0.717) is 37.1 Å². The SMILES string of the molecule is CCCC(=O)OC[C@H](O)CN(Cc1c(C)nn(-c2ccccc2)c1Oc1ccc(OC)cc1)CC(C)C. The number of hydrogen-bond donors (Lipinski definition) is 1. The summed E-state index contributed by atoms with van der Waals surface area (Å²) in [6.07, 6.45) is 0.276. The largest absolute Gasteiger partial charge is 0.497 e. The summed E-state index contributed by atoms with van der Waals surface area (Å²) in [5.41, 5.74) is 2.65. The fourth-order valence-corrected chi connectivity index (χ4v) is 4.08. The van der Waals surface area contributed by atoms with Gasteiger partial charge in [0.25, 0.3) is 0 Å². The second-order valence-corrected chi connectivity index (χ2v) is 9.57. The standard InChI is InChI=1S/C29H39N3O5/c1-6-10-28(34)36-20-24(33)18-31(17-21(2)3)19-27-22(4)30-32(23-11-8-7-9-12-23)29(27)37-26-15-13-25(35-5)14-16-26/h7-9,11-16,21,24,33H,6,10,17-20H2,1-5H3/t24-/m1/s1. The normalized spacial score (nSPS) is 12.1. The fraction of sp³-hybridized carbons (Fsp3) is 0.448. The zero-order chi connectivity index (χ0) is 26.8. The lowest BCUT2D eigenvalue weighted by molar-refractivity contribution is -0.147. The van der Waals surface area contributed by atoms with E-state index in [2.05, 4.69) is 18.7 Å². The van der Waals surface area contributed by atoms with E-state index in [1.54, 1.807) is 7.11 Å². The van der Waals surface area contributed by atoms with E-state index in [9.17, 15) is 9.90 Å². The number of esters is 1. The number of carbonyl (C=O) groups excluding carboxylic acids is 1. The van der Waals surface area contributed by atoms with Gasteiger partial charge in [0, 0.05) is 26.1 Å². The average Bonchev–Trinajstić information content (AvgIpc) is 3.18. The van der Waals surface area contributed by atoms with Crippen LogP contribution in [0.3, 0.4) is 0 Å². The first-order valence-electron chi connectivity index (χ1n) is 12.8. The van der Waals surface area contributed by atoms with Gasteiger partial charge in [0.15, 0.2) is 0 Å². The first-order valence-corrected chi connectivity index (χ1v) is 12.8. The van der Waals surface area contributed by atoms with E-state index < -0.39 is 6.10 Å². The maximum Gasteiger partial charge on any atom is 0.305 e. The van der Waals surface area contributed by atoms with E-state index in [1.165, 1.54) is 0 Å². The van der Waals surface area contributed by atoms with Crippen molar-refractivity contribution in [2.45, 2.75) is 53.2 Å². The minimum Gasteiger partial charge on any atom is -0.497 e. The number of ether oxygens (including phenoxy) is 3. The Morgan fingerprint density at radius 2 is 1.73 bits per heavy atom. The monoisotopic (exact) mass is 509 g/mol. The molecule has 1 heterocycles. The lowest BCUT2D eigenvalue weighted by Gasteiger charge is -2.27. The van der Waals surface area contributed by atoms with Crippen LogP contribution in [-0.2, 0) is 16.1 Å². The van der Waals surface area contributed by atoms with Gasteiger partial charge >= 0.3 is 5.97 Å². The summed E-state index contributed by atoms with van der Waals surface area (Å²) in [6.45, 7) is 9.75. The second-order valence-electron chi connectivity index (χ2n) is 9.57. The smallest absolute Gasteiger partial charge is 0.305 e. The highest BCUT2D eigenvalue weighted by molar-refractivity contribution is 5.69. The Bertz CT molecular complexity index is 1110. The molecule has 0 spiro atoms. The van der Waals surface area contributed by atoms with Gasteiger partial charge in [-0.3, -0.25) is 9.69 Å². The van der Waals surface area contributed by atoms with Crippen molar-refractivity contribution in [3.8, 4) is 23.1 Å². The molecule has 1 atom stereocenters. The summed E-state index contributed by atoms with van der Waals surface area (Å²) in [6, 6.07) is 17.3. The highest BCUT2D eigenvalue weighted by Gasteiger charge is 2.23. The number of aliphatic hydroxyl groups excluding tert-OH is 1. The Morgan fingerprint density at radius 3 is 2.35 bits per heavy atom. The Hall–Kier alpha value is -3.36. The number of para-hydroxylation sites is 1. The number of aromatic nitrogens is 2. The maximum atomic E-state index is 11.8. The van der Waals surface area contributed by atoms with Gasteiger partial charge in [0.05, 0.1) is 24.1 Å². The molecule has 0 aliphatic rings. The molecule has 0 radical (unpaired) electrons. The number of nitrogens with zero attached hydrogens (tertiary/aromatic N) is 3. The molecule has 0 saturated heterocycles. The van der Waals surface area contributed by atoms with Gasteiger partial charge in [0.1, 0.15) is 24.2 Å². The number of benzene rings is 2. The molecule has 3 aromatic rings. The first kappa shape index (κ1) is 28.2. The number of methoxy groups -OCH3 is 1. The Labute approximate surface area is 219 Å². The van der Waals surface area contributed by atoms with E-state index in [-0.39, 0.29) is 12.6 Å². The topological polar surface area (TPSA) is 86.1 Å². The van der Waals surface area contributed by atoms with Crippen LogP contribution in [0, 0.1) is 12.8 Å². The Kier molecular flexibility index (Phi) is 10.5. The molecule has 200 valence electrons. The van der Waals surface area contributed by atoms with E-state index in [4.69, 9.17) is 19.3 Å². The Balaban J connectivity index is 1.89. The molecule has 37 heavy (non-hydrogen) atoms. The van der Waals surface area contributed by atoms with Crippen LogP contribution in [0.1, 0.15) is 44.9 Å². The summed E-state index contributed by atoms with van der Waals surface area (Å²) in [4.78, 5) is 13.9. The van der Waals surface area contributed by atoms with Gasteiger partial charge in [-0.15, -0.1) is 0 Å². The molecule has 1 aromatic heterocycles. The summed E-state index contributed by atoms with van der Waals surface area (Å²) in [5.74, 6) is 2.11. The van der Waals surface area contributed by atoms with Crippen molar-refractivity contribution < 1.29 is 24.1 Å². The lowest BCUT2D eigenvalue weighted by Crippen LogP contribution is -2.37. The summed E-state index contributed by atoms with van der Waals surface area (Å²) >= 11 is 0. The zero-order valence-corrected chi connectivity index (χ0v) is 22.5. The van der Waals surface area contributed by atoms with Gasteiger partial charge in [-0.25, -0.2) is 4.68 Å². The zero-order valence-electron chi connectivity index (χ0n) is 22.5. The van der Waals surface area contributed by atoms with Gasteiger partial charge < -0.3 is 19.3 Å². The fourth-order valence-electron chi connectivity index (χ4n) is 4.08. The highest BCUT2D eigenvalue weighted by atomic mass is 16.5. The van der Waals surface area contributed by atoms with Crippen molar-refractivity contribution in [2.75, 3.05) is 26.8 Å². The van der Waals surface area contributed by atoms with Crippen molar-refractivity contribution in [3.63, 3.8) is 0 Å². The molecular weight excluding hydrogens is 470 g/mol. The van der Waals surface area contributed by atoms with Crippen LogP contribution in [-0.4, -0.2) is 58.7 Å². The van der Waals surface area contributed by atoms with E-state index in [0.717, 1.165) is 35.7 Å². The molecule has 0 amide bonds. The van der Waals surface area contributed by atoms with Crippen LogP contribution < -0.4 is 9.47 Å². The number of hydrogen-bond acceptors (Lipinski definition) is 7. The first-order chi connectivity index (χ1) is 17.8. The van der Waals surface area contributed by atoms with E-state index >= 15 is 0 Å². The molecule has 2 aromatic carbocycles. The molecule has 0 saturated carbocycles. The Morgan fingerprint density at radius 1 is 1.05 bits per heavy atom. The third-order valence-electron chi connectivity index (χ3n) is 5.78. The second kappa shape index (κ2) is 13.8. The van der Waals surface area contributed by atoms with Crippen LogP contribution in [0.25, 0.3) is 5.69 Å². The molecule has 3 rings (SSSR count).